The molecule has 0 atom stereocenters. The molecule has 0 amide bonds. The molecule has 0 fully saturated rings. The third-order valence-corrected chi connectivity index (χ3v) is 2.56. The first-order valence-corrected chi connectivity index (χ1v) is 4.87. The van der Waals surface area contributed by atoms with Crippen molar-refractivity contribution < 1.29 is 0 Å². The Labute approximate surface area is 91.8 Å². The topological polar surface area (TPSA) is 39.8 Å². The number of rotatable bonds is 2. The zero-order valence-corrected chi connectivity index (χ0v) is 8.98. The van der Waals surface area contributed by atoms with E-state index < -0.39 is 0 Å². The van der Waals surface area contributed by atoms with Crippen LogP contribution in [-0.2, 0) is 13.6 Å². The summed E-state index contributed by atoms with van der Waals surface area (Å²) in [4.78, 5) is 15.1. The Morgan fingerprint density at radius 2 is 2.07 bits per heavy atom. The number of imidazole rings is 1. The lowest BCUT2D eigenvalue weighted by molar-refractivity contribution is 0.695. The van der Waals surface area contributed by atoms with E-state index in [0.717, 1.165) is 5.82 Å². The summed E-state index contributed by atoms with van der Waals surface area (Å²) in [6.45, 7) is 0.601. The lowest BCUT2D eigenvalue weighted by atomic mass is 10.4. The summed E-state index contributed by atoms with van der Waals surface area (Å²) in [5, 5.41) is 0.603. The van der Waals surface area contributed by atoms with E-state index in [1.165, 1.54) is 12.1 Å². The smallest absolute Gasteiger partial charge is 0.181 e. The average Bonchev–Trinajstić information content (AvgIpc) is 2.53. The lowest BCUT2D eigenvalue weighted by Crippen LogP contribution is -2.08. The maximum atomic E-state index is 10.9. The van der Waals surface area contributed by atoms with E-state index in [1.807, 2.05) is 11.6 Å². The van der Waals surface area contributed by atoms with Crippen LogP contribution < -0.4 is 5.43 Å². The van der Waals surface area contributed by atoms with Crippen LogP contribution in [0, 0.1) is 0 Å². The van der Waals surface area contributed by atoms with Crippen LogP contribution in [-0.4, -0.2) is 14.1 Å². The van der Waals surface area contributed by atoms with Gasteiger partial charge in [-0.15, -0.1) is 0 Å². The van der Waals surface area contributed by atoms with Gasteiger partial charge < -0.3 is 9.13 Å². The largest absolute Gasteiger partial charge is 0.346 e. The van der Waals surface area contributed by atoms with Crippen LogP contribution in [0.5, 0.6) is 0 Å². The van der Waals surface area contributed by atoms with E-state index in [0.29, 0.717) is 11.7 Å². The van der Waals surface area contributed by atoms with Crippen molar-refractivity contribution in [3.05, 3.63) is 51.9 Å². The average molecular weight is 224 g/mol. The maximum absolute atomic E-state index is 10.9. The van der Waals surface area contributed by atoms with E-state index >= 15 is 0 Å². The molecule has 2 aromatic heterocycles. The fraction of sp³-hybridized carbons (Fsp3) is 0.200. The van der Waals surface area contributed by atoms with Gasteiger partial charge in [0.15, 0.2) is 5.43 Å². The highest BCUT2D eigenvalue weighted by atomic mass is 35.5. The van der Waals surface area contributed by atoms with Gasteiger partial charge in [-0.25, -0.2) is 4.98 Å². The molecule has 0 saturated carbocycles. The molecule has 2 heterocycles. The molecule has 0 bridgehead atoms. The van der Waals surface area contributed by atoms with Crippen LogP contribution in [0.25, 0.3) is 0 Å². The second-order valence-corrected chi connectivity index (χ2v) is 3.65. The van der Waals surface area contributed by atoms with Crippen LogP contribution >= 0.6 is 11.6 Å². The summed E-state index contributed by atoms with van der Waals surface area (Å²) >= 11 is 5.86. The Bertz CT molecular complexity index is 509. The van der Waals surface area contributed by atoms with Gasteiger partial charge in [-0.3, -0.25) is 4.79 Å². The summed E-state index contributed by atoms with van der Waals surface area (Å²) in [5.41, 5.74) is 0.00382. The number of aromatic nitrogens is 3. The first-order valence-electron chi connectivity index (χ1n) is 4.49. The molecular weight excluding hydrogens is 214 g/mol. The molecule has 5 heteroatoms. The minimum absolute atomic E-state index is 0.00382. The van der Waals surface area contributed by atoms with Gasteiger partial charge in [0.2, 0.25) is 0 Å². The molecule has 0 radical (unpaired) electrons. The zero-order valence-electron chi connectivity index (χ0n) is 8.22. The molecule has 0 saturated heterocycles. The maximum Gasteiger partial charge on any atom is 0.181 e. The number of halogens is 1. The van der Waals surface area contributed by atoms with Crippen molar-refractivity contribution in [2.75, 3.05) is 0 Å². The van der Waals surface area contributed by atoms with Gasteiger partial charge in [-0.2, -0.15) is 0 Å². The van der Waals surface area contributed by atoms with Crippen LogP contribution in [0.4, 0.5) is 0 Å². The fourth-order valence-corrected chi connectivity index (χ4v) is 1.43. The van der Waals surface area contributed by atoms with Crippen molar-refractivity contribution in [3.63, 3.8) is 0 Å². The summed E-state index contributed by atoms with van der Waals surface area (Å²) < 4.78 is 3.68. The molecule has 0 aliphatic rings. The van der Waals surface area contributed by atoms with Crippen LogP contribution in [0.2, 0.25) is 5.15 Å². The van der Waals surface area contributed by atoms with E-state index in [4.69, 9.17) is 11.6 Å². The summed E-state index contributed by atoms with van der Waals surface area (Å²) in [7, 11) is 1.85. The molecule has 4 nitrogen and oxygen atoms in total. The third kappa shape index (κ3) is 2.10. The number of nitrogens with zero attached hydrogens (tertiary/aromatic N) is 3. The molecule has 15 heavy (non-hydrogen) atoms. The molecule has 0 aliphatic heterocycles. The van der Waals surface area contributed by atoms with Gasteiger partial charge in [-0.1, -0.05) is 11.6 Å². The Morgan fingerprint density at radius 3 is 2.60 bits per heavy atom. The van der Waals surface area contributed by atoms with E-state index in [2.05, 4.69) is 4.98 Å². The number of hydrogen-bond donors (Lipinski definition) is 0. The van der Waals surface area contributed by atoms with Gasteiger partial charge in [0.05, 0.1) is 12.7 Å². The Hall–Kier alpha value is -1.55. The summed E-state index contributed by atoms with van der Waals surface area (Å²) in [5.74, 6) is 0.851. The summed E-state index contributed by atoms with van der Waals surface area (Å²) in [6.07, 6.45) is 5.06. The second kappa shape index (κ2) is 3.90. The fourth-order valence-electron chi connectivity index (χ4n) is 1.28. The van der Waals surface area contributed by atoms with Crippen LogP contribution in [0.3, 0.4) is 0 Å². The standard InChI is InChI=1S/C10H10ClN3O/c1-13-9(11)6-12-10(13)7-14-4-2-8(15)3-5-14/h2-6H,7H2,1H3. The van der Waals surface area contributed by atoms with E-state index in [9.17, 15) is 4.79 Å². The van der Waals surface area contributed by atoms with Gasteiger partial charge in [0, 0.05) is 31.6 Å². The predicted molar refractivity (Wildman–Crippen MR) is 58.0 cm³/mol. The minimum atomic E-state index is 0.00382. The van der Waals surface area contributed by atoms with Crippen molar-refractivity contribution in [1.82, 2.24) is 14.1 Å². The first-order chi connectivity index (χ1) is 7.16. The zero-order chi connectivity index (χ0) is 10.8. The van der Waals surface area contributed by atoms with Crippen LogP contribution in [0.1, 0.15) is 5.82 Å². The monoisotopic (exact) mass is 223 g/mol. The van der Waals surface area contributed by atoms with Crippen molar-refractivity contribution in [2.45, 2.75) is 6.54 Å². The van der Waals surface area contributed by atoms with E-state index in [1.54, 1.807) is 23.2 Å². The highest BCUT2D eigenvalue weighted by molar-refractivity contribution is 6.29. The molecule has 2 rings (SSSR count). The highest BCUT2D eigenvalue weighted by Gasteiger charge is 2.03. The van der Waals surface area contributed by atoms with Gasteiger partial charge >= 0.3 is 0 Å². The first kappa shape index (κ1) is 9.98. The third-order valence-electron chi connectivity index (χ3n) is 2.21. The summed E-state index contributed by atoms with van der Waals surface area (Å²) in [6, 6.07) is 3.04. The number of hydrogen-bond acceptors (Lipinski definition) is 2. The Morgan fingerprint density at radius 1 is 1.40 bits per heavy atom. The van der Waals surface area contributed by atoms with Crippen molar-refractivity contribution in [2.24, 2.45) is 7.05 Å². The quantitative estimate of drug-likeness (QED) is 0.770. The molecular formula is C10H10ClN3O. The van der Waals surface area contributed by atoms with Gasteiger partial charge in [0.1, 0.15) is 11.0 Å². The van der Waals surface area contributed by atoms with Crippen molar-refractivity contribution in [1.29, 1.82) is 0 Å². The number of pyridine rings is 1. The SMILES string of the molecule is Cn1c(Cl)cnc1Cn1ccc(=O)cc1. The van der Waals surface area contributed by atoms with Crippen molar-refractivity contribution in [3.8, 4) is 0 Å². The molecule has 0 unspecified atom stereocenters. The Kier molecular flexibility index (Phi) is 2.60. The molecule has 78 valence electrons. The molecule has 0 aliphatic carbocycles. The van der Waals surface area contributed by atoms with Crippen LogP contribution in [0.15, 0.2) is 35.5 Å². The normalized spacial score (nSPS) is 10.5. The Balaban J connectivity index is 2.25. The van der Waals surface area contributed by atoms with Gasteiger partial charge in [-0.05, 0) is 0 Å². The molecule has 0 N–H and O–H groups in total. The van der Waals surface area contributed by atoms with Crippen molar-refractivity contribution >= 4 is 11.6 Å². The molecule has 0 aromatic carbocycles. The van der Waals surface area contributed by atoms with Gasteiger partial charge in [0.25, 0.3) is 0 Å². The highest BCUT2D eigenvalue weighted by Crippen LogP contribution is 2.09. The van der Waals surface area contributed by atoms with E-state index in [-0.39, 0.29) is 5.43 Å². The minimum Gasteiger partial charge on any atom is -0.346 e. The molecule has 2 aromatic rings. The second-order valence-electron chi connectivity index (χ2n) is 3.26. The molecule has 0 spiro atoms. The lowest BCUT2D eigenvalue weighted by Gasteiger charge is -2.05. The predicted octanol–water partition coefficient (Wildman–Crippen LogP) is 1.28.